The predicted octanol–water partition coefficient (Wildman–Crippen LogP) is 4.37. The molecule has 110 valence electrons. The van der Waals surface area contributed by atoms with Crippen LogP contribution in [0.4, 0.5) is 5.69 Å². The third kappa shape index (κ3) is 2.75. The lowest BCUT2D eigenvalue weighted by Gasteiger charge is -2.29. The molecule has 2 bridgehead atoms. The number of nitrogens with zero attached hydrogens (tertiary/aromatic N) is 1. The maximum Gasteiger partial charge on any atom is 0.0772 e. The Balaban J connectivity index is 1.68. The van der Waals surface area contributed by atoms with Gasteiger partial charge < -0.3 is 10.0 Å². The van der Waals surface area contributed by atoms with Crippen LogP contribution in [0.15, 0.2) is 22.7 Å². The van der Waals surface area contributed by atoms with E-state index in [1.807, 2.05) is 6.07 Å². The van der Waals surface area contributed by atoms with Crippen molar-refractivity contribution in [1.29, 1.82) is 0 Å². The molecule has 2 fully saturated rings. The van der Waals surface area contributed by atoms with Crippen LogP contribution in [0.1, 0.15) is 44.3 Å². The zero-order chi connectivity index (χ0) is 14.3. The highest BCUT2D eigenvalue weighted by Crippen LogP contribution is 2.48. The fraction of sp³-hybridized carbons (Fsp3) is 0.647. The van der Waals surface area contributed by atoms with Crippen molar-refractivity contribution < 1.29 is 5.11 Å². The quantitative estimate of drug-likeness (QED) is 0.881. The van der Waals surface area contributed by atoms with Gasteiger partial charge in [-0.2, -0.15) is 0 Å². The van der Waals surface area contributed by atoms with Crippen molar-refractivity contribution in [2.24, 2.45) is 17.8 Å². The van der Waals surface area contributed by atoms with Gasteiger partial charge in [-0.3, -0.25) is 0 Å². The summed E-state index contributed by atoms with van der Waals surface area (Å²) in [4.78, 5) is 2.38. The second kappa shape index (κ2) is 5.69. The number of benzene rings is 1. The monoisotopic (exact) mass is 337 g/mol. The van der Waals surface area contributed by atoms with Crippen molar-refractivity contribution in [1.82, 2.24) is 0 Å². The van der Waals surface area contributed by atoms with Crippen LogP contribution < -0.4 is 4.90 Å². The largest absolute Gasteiger partial charge is 0.389 e. The topological polar surface area (TPSA) is 23.5 Å². The molecule has 1 N–H and O–H groups in total. The standard InChI is InChI=1S/C17H24BrNO/c1-11(20)16-6-5-15(9-17(16)18)19(2)10-14-8-12-3-4-13(14)7-12/h5-6,9,11-14,20H,3-4,7-8,10H2,1-2H3. The highest BCUT2D eigenvalue weighted by atomic mass is 79.9. The molecule has 0 heterocycles. The van der Waals surface area contributed by atoms with Gasteiger partial charge in [0.1, 0.15) is 0 Å². The molecule has 4 unspecified atom stereocenters. The Labute approximate surface area is 130 Å². The van der Waals surface area contributed by atoms with Crippen LogP contribution in [0, 0.1) is 17.8 Å². The molecular weight excluding hydrogens is 314 g/mol. The molecule has 0 saturated heterocycles. The summed E-state index contributed by atoms with van der Waals surface area (Å²) in [5.41, 5.74) is 2.20. The number of rotatable bonds is 4. The number of aliphatic hydroxyl groups excluding tert-OH is 1. The van der Waals surface area contributed by atoms with E-state index in [2.05, 4.69) is 40.0 Å². The summed E-state index contributed by atoms with van der Waals surface area (Å²) in [5, 5.41) is 9.69. The number of halogens is 1. The summed E-state index contributed by atoms with van der Waals surface area (Å²) in [6, 6.07) is 6.29. The predicted molar refractivity (Wildman–Crippen MR) is 87.0 cm³/mol. The van der Waals surface area contributed by atoms with Crippen LogP contribution in [0.2, 0.25) is 0 Å². The first-order chi connectivity index (χ1) is 9.54. The van der Waals surface area contributed by atoms with Crippen molar-refractivity contribution in [3.63, 3.8) is 0 Å². The van der Waals surface area contributed by atoms with Crippen molar-refractivity contribution in [2.45, 2.75) is 38.7 Å². The molecule has 2 nitrogen and oxygen atoms in total. The highest BCUT2D eigenvalue weighted by molar-refractivity contribution is 9.10. The molecule has 4 atom stereocenters. The first kappa shape index (κ1) is 14.4. The van der Waals surface area contributed by atoms with Crippen LogP contribution in [0.5, 0.6) is 0 Å². The van der Waals surface area contributed by atoms with E-state index in [0.717, 1.165) is 27.8 Å². The minimum atomic E-state index is -0.422. The van der Waals surface area contributed by atoms with Crippen molar-refractivity contribution in [3.8, 4) is 0 Å². The van der Waals surface area contributed by atoms with Gasteiger partial charge in [0, 0.05) is 23.8 Å². The number of aliphatic hydroxyl groups is 1. The number of hydrogen-bond acceptors (Lipinski definition) is 2. The summed E-state index contributed by atoms with van der Waals surface area (Å²) in [6.45, 7) is 2.97. The van der Waals surface area contributed by atoms with Crippen LogP contribution in [0.3, 0.4) is 0 Å². The van der Waals surface area contributed by atoms with E-state index in [4.69, 9.17) is 0 Å². The van der Waals surface area contributed by atoms with Crippen LogP contribution in [-0.4, -0.2) is 18.7 Å². The first-order valence-electron chi connectivity index (χ1n) is 7.73. The van der Waals surface area contributed by atoms with Crippen molar-refractivity contribution >= 4 is 21.6 Å². The molecule has 2 aliphatic carbocycles. The molecule has 0 aliphatic heterocycles. The van der Waals surface area contributed by atoms with E-state index in [9.17, 15) is 5.11 Å². The van der Waals surface area contributed by atoms with Gasteiger partial charge in [0.05, 0.1) is 6.10 Å². The molecule has 0 amide bonds. The van der Waals surface area contributed by atoms with E-state index < -0.39 is 6.10 Å². The van der Waals surface area contributed by atoms with Gasteiger partial charge in [0.15, 0.2) is 0 Å². The summed E-state index contributed by atoms with van der Waals surface area (Å²) in [6.07, 6.45) is 5.41. The lowest BCUT2D eigenvalue weighted by Crippen LogP contribution is -2.28. The van der Waals surface area contributed by atoms with Gasteiger partial charge in [0.25, 0.3) is 0 Å². The maximum atomic E-state index is 9.69. The molecule has 1 aromatic rings. The van der Waals surface area contributed by atoms with Gasteiger partial charge in [-0.05, 0) is 61.6 Å². The molecule has 1 aromatic carbocycles. The summed E-state index contributed by atoms with van der Waals surface area (Å²) >= 11 is 3.57. The zero-order valence-corrected chi connectivity index (χ0v) is 13.9. The van der Waals surface area contributed by atoms with Crippen LogP contribution in [-0.2, 0) is 0 Å². The molecule has 3 rings (SSSR count). The minimum Gasteiger partial charge on any atom is -0.389 e. The van der Waals surface area contributed by atoms with E-state index in [0.29, 0.717) is 0 Å². The van der Waals surface area contributed by atoms with E-state index in [1.165, 1.54) is 37.9 Å². The third-order valence-corrected chi connectivity index (χ3v) is 5.95. The smallest absolute Gasteiger partial charge is 0.0772 e. The fourth-order valence-corrected chi connectivity index (χ4v) is 4.85. The Morgan fingerprint density at radius 3 is 2.70 bits per heavy atom. The second-order valence-corrected chi connectivity index (χ2v) is 7.55. The Kier molecular flexibility index (Phi) is 4.09. The third-order valence-electron chi connectivity index (χ3n) is 5.27. The number of fused-ring (bicyclic) bond motifs is 2. The zero-order valence-electron chi connectivity index (χ0n) is 12.3. The van der Waals surface area contributed by atoms with E-state index in [-0.39, 0.29) is 0 Å². The van der Waals surface area contributed by atoms with Gasteiger partial charge in [-0.1, -0.05) is 28.4 Å². The summed E-state index contributed by atoms with van der Waals surface area (Å²) in [5.74, 6) is 2.87. The summed E-state index contributed by atoms with van der Waals surface area (Å²) < 4.78 is 1.00. The number of anilines is 1. The van der Waals surface area contributed by atoms with E-state index in [1.54, 1.807) is 6.92 Å². The number of hydrogen-bond donors (Lipinski definition) is 1. The SMILES string of the molecule is CC(O)c1ccc(N(C)CC2CC3CCC2C3)cc1Br. The normalized spacial score (nSPS) is 29.7. The highest BCUT2D eigenvalue weighted by Gasteiger charge is 2.39. The molecule has 0 spiro atoms. The molecular formula is C17H24BrNO. The Morgan fingerprint density at radius 2 is 2.15 bits per heavy atom. The van der Waals surface area contributed by atoms with E-state index >= 15 is 0 Å². The molecule has 0 aromatic heterocycles. The average molecular weight is 338 g/mol. The van der Waals surface area contributed by atoms with Gasteiger partial charge >= 0.3 is 0 Å². The first-order valence-corrected chi connectivity index (χ1v) is 8.52. The molecule has 2 saturated carbocycles. The lowest BCUT2D eigenvalue weighted by atomic mass is 9.88. The van der Waals surface area contributed by atoms with Crippen molar-refractivity contribution in [2.75, 3.05) is 18.5 Å². The minimum absolute atomic E-state index is 0.422. The Morgan fingerprint density at radius 1 is 1.35 bits per heavy atom. The van der Waals surface area contributed by atoms with Gasteiger partial charge in [-0.25, -0.2) is 0 Å². The average Bonchev–Trinajstić information content (AvgIpc) is 3.00. The van der Waals surface area contributed by atoms with Gasteiger partial charge in [0.2, 0.25) is 0 Å². The maximum absolute atomic E-state index is 9.69. The molecule has 2 aliphatic rings. The molecule has 3 heteroatoms. The van der Waals surface area contributed by atoms with Gasteiger partial charge in [-0.15, -0.1) is 0 Å². The molecule has 20 heavy (non-hydrogen) atoms. The van der Waals surface area contributed by atoms with Crippen LogP contribution >= 0.6 is 15.9 Å². The van der Waals surface area contributed by atoms with Crippen LogP contribution in [0.25, 0.3) is 0 Å². The lowest BCUT2D eigenvalue weighted by molar-refractivity contribution is 0.198. The molecule has 0 radical (unpaired) electrons. The second-order valence-electron chi connectivity index (χ2n) is 6.70. The summed E-state index contributed by atoms with van der Waals surface area (Å²) in [7, 11) is 2.19. The van der Waals surface area contributed by atoms with Crippen molar-refractivity contribution in [3.05, 3.63) is 28.2 Å². The Bertz CT molecular complexity index is 488. The Hall–Kier alpha value is -0.540. The fourth-order valence-electron chi connectivity index (χ4n) is 4.15.